The van der Waals surface area contributed by atoms with Crippen molar-refractivity contribution in [3.8, 4) is 0 Å². The zero-order valence-electron chi connectivity index (χ0n) is 16.8. The minimum absolute atomic E-state index is 0.0765. The second kappa shape index (κ2) is 9.23. The van der Waals surface area contributed by atoms with Crippen LogP contribution in [0, 0.1) is 10.1 Å². The molecule has 0 unspecified atom stereocenters. The SMILES string of the molecule is C[C@H](NC(=O)c1cccc([N+](=O)[O-])c1)C(=O)N1CCN(S(=O)(=O)c2ccccc2)CC1. The topological polar surface area (TPSA) is 130 Å². The van der Waals surface area contributed by atoms with Gasteiger partial charge in [-0.1, -0.05) is 24.3 Å². The summed E-state index contributed by atoms with van der Waals surface area (Å²) in [5.41, 5.74) is -0.144. The van der Waals surface area contributed by atoms with Crippen LogP contribution in [0.25, 0.3) is 0 Å². The van der Waals surface area contributed by atoms with Gasteiger partial charge in [0.2, 0.25) is 15.9 Å². The maximum atomic E-state index is 12.7. The van der Waals surface area contributed by atoms with E-state index in [-0.39, 0.29) is 48.2 Å². The van der Waals surface area contributed by atoms with Crippen LogP contribution in [0.1, 0.15) is 17.3 Å². The van der Waals surface area contributed by atoms with E-state index in [1.165, 1.54) is 46.5 Å². The van der Waals surface area contributed by atoms with Crippen LogP contribution in [0.15, 0.2) is 59.5 Å². The van der Waals surface area contributed by atoms with Crippen molar-refractivity contribution in [3.63, 3.8) is 0 Å². The van der Waals surface area contributed by atoms with Crippen LogP contribution in [0.3, 0.4) is 0 Å². The van der Waals surface area contributed by atoms with Gasteiger partial charge in [-0.05, 0) is 25.1 Å². The third-order valence-electron chi connectivity index (χ3n) is 4.97. The van der Waals surface area contributed by atoms with E-state index in [1.807, 2.05) is 0 Å². The number of piperazine rings is 1. The first-order chi connectivity index (χ1) is 14.7. The fraction of sp³-hybridized carbons (Fsp3) is 0.300. The maximum Gasteiger partial charge on any atom is 0.270 e. The molecule has 31 heavy (non-hydrogen) atoms. The number of nitro groups is 1. The normalized spacial score (nSPS) is 15.8. The molecule has 2 aromatic carbocycles. The summed E-state index contributed by atoms with van der Waals surface area (Å²) < 4.78 is 26.7. The van der Waals surface area contributed by atoms with Crippen LogP contribution in [0.4, 0.5) is 5.69 Å². The second-order valence-electron chi connectivity index (χ2n) is 7.05. The third kappa shape index (κ3) is 5.06. The van der Waals surface area contributed by atoms with Crippen LogP contribution in [0.2, 0.25) is 0 Å². The first-order valence-corrected chi connectivity index (χ1v) is 11.0. The number of hydrogen-bond acceptors (Lipinski definition) is 6. The van der Waals surface area contributed by atoms with E-state index in [0.717, 1.165) is 6.07 Å². The summed E-state index contributed by atoms with van der Waals surface area (Å²) in [5.74, 6) is -0.953. The second-order valence-corrected chi connectivity index (χ2v) is 8.98. The summed E-state index contributed by atoms with van der Waals surface area (Å²) in [7, 11) is -3.63. The van der Waals surface area contributed by atoms with Crippen molar-refractivity contribution >= 4 is 27.5 Å². The van der Waals surface area contributed by atoms with Gasteiger partial charge in [-0.2, -0.15) is 4.31 Å². The number of sulfonamides is 1. The molecule has 0 radical (unpaired) electrons. The van der Waals surface area contributed by atoms with Crippen molar-refractivity contribution in [2.45, 2.75) is 17.9 Å². The van der Waals surface area contributed by atoms with Gasteiger partial charge >= 0.3 is 0 Å². The van der Waals surface area contributed by atoms with E-state index in [1.54, 1.807) is 18.2 Å². The summed E-state index contributed by atoms with van der Waals surface area (Å²) in [6, 6.07) is 12.4. The first-order valence-electron chi connectivity index (χ1n) is 9.59. The van der Waals surface area contributed by atoms with Crippen molar-refractivity contribution in [1.29, 1.82) is 0 Å². The Labute approximate surface area is 179 Å². The molecular weight excluding hydrogens is 424 g/mol. The van der Waals surface area contributed by atoms with E-state index < -0.39 is 26.9 Å². The smallest absolute Gasteiger partial charge is 0.270 e. The zero-order chi connectivity index (χ0) is 22.6. The van der Waals surface area contributed by atoms with Gasteiger partial charge in [0.25, 0.3) is 11.6 Å². The summed E-state index contributed by atoms with van der Waals surface area (Å²) in [5, 5.41) is 13.4. The Hall–Kier alpha value is -3.31. The molecule has 11 heteroatoms. The Bertz CT molecular complexity index is 1080. The average molecular weight is 446 g/mol. The summed E-state index contributed by atoms with van der Waals surface area (Å²) in [4.78, 5) is 37.0. The number of benzene rings is 2. The first kappa shape index (κ1) is 22.4. The lowest BCUT2D eigenvalue weighted by molar-refractivity contribution is -0.384. The van der Waals surface area contributed by atoms with Gasteiger partial charge in [-0.3, -0.25) is 19.7 Å². The molecule has 1 N–H and O–H groups in total. The highest BCUT2D eigenvalue weighted by Gasteiger charge is 2.31. The quantitative estimate of drug-likeness (QED) is 0.525. The Balaban J connectivity index is 1.58. The Morgan fingerprint density at radius 2 is 1.68 bits per heavy atom. The molecule has 10 nitrogen and oxygen atoms in total. The molecule has 1 aliphatic heterocycles. The highest BCUT2D eigenvalue weighted by atomic mass is 32.2. The van der Waals surface area contributed by atoms with Crippen molar-refractivity contribution in [2.24, 2.45) is 0 Å². The van der Waals surface area contributed by atoms with Gasteiger partial charge in [-0.15, -0.1) is 0 Å². The molecule has 0 spiro atoms. The number of carbonyl (C=O) groups is 2. The zero-order valence-corrected chi connectivity index (χ0v) is 17.6. The maximum absolute atomic E-state index is 12.7. The van der Waals surface area contributed by atoms with Gasteiger partial charge < -0.3 is 10.2 Å². The molecule has 1 saturated heterocycles. The van der Waals surface area contributed by atoms with Gasteiger partial charge in [-0.25, -0.2) is 8.42 Å². The lowest BCUT2D eigenvalue weighted by Crippen LogP contribution is -2.55. The lowest BCUT2D eigenvalue weighted by Gasteiger charge is -2.35. The van der Waals surface area contributed by atoms with Crippen molar-refractivity contribution in [2.75, 3.05) is 26.2 Å². The number of carbonyl (C=O) groups excluding carboxylic acids is 2. The highest BCUT2D eigenvalue weighted by Crippen LogP contribution is 2.18. The number of non-ortho nitro benzene ring substituents is 1. The summed E-state index contributed by atoms with van der Waals surface area (Å²) in [6.45, 7) is 2.21. The van der Waals surface area contributed by atoms with Gasteiger partial charge in [0, 0.05) is 43.9 Å². The third-order valence-corrected chi connectivity index (χ3v) is 6.88. The fourth-order valence-electron chi connectivity index (χ4n) is 3.27. The molecule has 2 aromatic rings. The molecule has 1 aliphatic rings. The summed E-state index contributed by atoms with van der Waals surface area (Å²) in [6.07, 6.45) is 0. The van der Waals surface area contributed by atoms with Crippen LogP contribution >= 0.6 is 0 Å². The van der Waals surface area contributed by atoms with Crippen LogP contribution in [0.5, 0.6) is 0 Å². The summed E-state index contributed by atoms with van der Waals surface area (Å²) >= 11 is 0. The van der Waals surface area contributed by atoms with Crippen molar-refractivity contribution in [1.82, 2.24) is 14.5 Å². The highest BCUT2D eigenvalue weighted by molar-refractivity contribution is 7.89. The number of hydrogen-bond donors (Lipinski definition) is 1. The molecule has 0 aliphatic carbocycles. The molecule has 2 amide bonds. The van der Waals surface area contributed by atoms with Gasteiger partial charge in [0.1, 0.15) is 6.04 Å². The number of amides is 2. The van der Waals surface area contributed by atoms with Gasteiger partial charge in [0.15, 0.2) is 0 Å². The minimum Gasteiger partial charge on any atom is -0.341 e. The van der Waals surface area contributed by atoms with Crippen LogP contribution in [-0.4, -0.2) is 66.6 Å². The van der Waals surface area contributed by atoms with E-state index >= 15 is 0 Å². The standard InChI is InChI=1S/C20H22N4O6S/c1-15(21-19(25)16-6-5-7-17(14-16)24(27)28)20(26)22-10-12-23(13-11-22)31(29,30)18-8-3-2-4-9-18/h2-9,14-15H,10-13H2,1H3,(H,21,25)/t15-/m0/s1. The molecule has 0 saturated carbocycles. The van der Waals surface area contributed by atoms with Crippen molar-refractivity contribution in [3.05, 3.63) is 70.3 Å². The van der Waals surface area contributed by atoms with Crippen molar-refractivity contribution < 1.29 is 22.9 Å². The van der Waals surface area contributed by atoms with E-state index in [4.69, 9.17) is 0 Å². The molecule has 1 atom stereocenters. The molecule has 164 valence electrons. The minimum atomic E-state index is -3.63. The Kier molecular flexibility index (Phi) is 6.66. The van der Waals surface area contributed by atoms with E-state index in [9.17, 15) is 28.1 Å². The Morgan fingerprint density at radius 3 is 2.29 bits per heavy atom. The molecule has 0 aromatic heterocycles. The van der Waals surface area contributed by atoms with Crippen LogP contribution < -0.4 is 5.32 Å². The molecule has 0 bridgehead atoms. The Morgan fingerprint density at radius 1 is 1.03 bits per heavy atom. The lowest BCUT2D eigenvalue weighted by atomic mass is 10.1. The largest absolute Gasteiger partial charge is 0.341 e. The molecule has 1 heterocycles. The van der Waals surface area contributed by atoms with Gasteiger partial charge in [0.05, 0.1) is 9.82 Å². The number of nitro benzene ring substituents is 1. The number of nitrogens with one attached hydrogen (secondary N) is 1. The molecular formula is C20H22N4O6S. The molecule has 3 rings (SSSR count). The fourth-order valence-corrected chi connectivity index (χ4v) is 4.71. The van der Waals surface area contributed by atoms with E-state index in [0.29, 0.717) is 0 Å². The monoisotopic (exact) mass is 446 g/mol. The predicted octanol–water partition coefficient (Wildman–Crippen LogP) is 1.25. The van der Waals surface area contributed by atoms with E-state index in [2.05, 4.69) is 5.32 Å². The predicted molar refractivity (Wildman–Crippen MR) is 112 cm³/mol. The average Bonchev–Trinajstić information content (AvgIpc) is 2.79. The van der Waals surface area contributed by atoms with Crippen LogP contribution in [-0.2, 0) is 14.8 Å². The number of nitrogens with zero attached hydrogens (tertiary/aromatic N) is 3. The number of rotatable bonds is 6. The molecule has 1 fully saturated rings.